The highest BCUT2D eigenvalue weighted by molar-refractivity contribution is 7.98. The smallest absolute Gasteiger partial charge is 0.142 e. The zero-order valence-electron chi connectivity index (χ0n) is 11.9. The Morgan fingerprint density at radius 3 is 2.75 bits per heavy atom. The Morgan fingerprint density at radius 2 is 2.10 bits per heavy atom. The van der Waals surface area contributed by atoms with Gasteiger partial charge in [0.15, 0.2) is 0 Å². The summed E-state index contributed by atoms with van der Waals surface area (Å²) < 4.78 is 2.04. The van der Waals surface area contributed by atoms with Crippen LogP contribution in [0.15, 0.2) is 43.0 Å². The molecule has 2 rings (SSSR count). The number of rotatable bonds is 7. The van der Waals surface area contributed by atoms with Gasteiger partial charge in [0.25, 0.3) is 0 Å². The number of nitrogens with two attached hydrogens (primary N) is 1. The molecule has 4 heteroatoms. The first-order valence-electron chi connectivity index (χ1n) is 6.78. The van der Waals surface area contributed by atoms with Crippen molar-refractivity contribution in [2.75, 3.05) is 17.7 Å². The molecule has 0 aliphatic heterocycles. The summed E-state index contributed by atoms with van der Waals surface area (Å²) in [6.07, 6.45) is 6.01. The van der Waals surface area contributed by atoms with Crippen LogP contribution in [-0.4, -0.2) is 21.6 Å². The van der Waals surface area contributed by atoms with E-state index in [0.717, 1.165) is 41.5 Å². The standard InChI is InChI=1S/C16H21N3S/c1-3-11-19-15(17)14(10-7-12-20-2)18-16(19)13-8-5-4-6-9-13/h3-6,8-9H,1,7,10-12,17H2,2H3. The van der Waals surface area contributed by atoms with Crippen molar-refractivity contribution in [1.29, 1.82) is 0 Å². The maximum atomic E-state index is 6.26. The number of hydrogen-bond donors (Lipinski definition) is 1. The number of benzene rings is 1. The first kappa shape index (κ1) is 14.7. The van der Waals surface area contributed by atoms with Crippen LogP contribution in [0.4, 0.5) is 5.82 Å². The second-order valence-corrected chi connectivity index (χ2v) is 5.61. The second-order valence-electron chi connectivity index (χ2n) is 4.63. The summed E-state index contributed by atoms with van der Waals surface area (Å²) in [6.45, 7) is 4.50. The molecule has 0 unspecified atom stereocenters. The summed E-state index contributed by atoms with van der Waals surface area (Å²) in [4.78, 5) is 4.75. The summed E-state index contributed by atoms with van der Waals surface area (Å²) in [7, 11) is 0. The van der Waals surface area contributed by atoms with E-state index in [1.54, 1.807) is 0 Å². The minimum Gasteiger partial charge on any atom is -0.384 e. The predicted molar refractivity (Wildman–Crippen MR) is 89.0 cm³/mol. The second kappa shape index (κ2) is 7.20. The van der Waals surface area contributed by atoms with E-state index in [4.69, 9.17) is 10.7 Å². The number of allylic oxidation sites excluding steroid dienone is 1. The summed E-state index contributed by atoms with van der Waals surface area (Å²) >= 11 is 1.85. The molecular formula is C16H21N3S. The number of thioether (sulfide) groups is 1. The van der Waals surface area contributed by atoms with Gasteiger partial charge in [-0.1, -0.05) is 36.4 Å². The van der Waals surface area contributed by atoms with Gasteiger partial charge in [-0.2, -0.15) is 11.8 Å². The topological polar surface area (TPSA) is 43.8 Å². The van der Waals surface area contributed by atoms with Crippen LogP contribution in [-0.2, 0) is 13.0 Å². The average Bonchev–Trinajstić information content (AvgIpc) is 2.78. The van der Waals surface area contributed by atoms with Gasteiger partial charge in [-0.05, 0) is 24.9 Å². The molecule has 0 aliphatic rings. The fourth-order valence-electron chi connectivity index (χ4n) is 2.20. The maximum Gasteiger partial charge on any atom is 0.142 e. The third-order valence-electron chi connectivity index (χ3n) is 3.19. The molecule has 20 heavy (non-hydrogen) atoms. The van der Waals surface area contributed by atoms with Crippen LogP contribution in [0.25, 0.3) is 11.4 Å². The molecule has 1 heterocycles. The highest BCUT2D eigenvalue weighted by atomic mass is 32.2. The Bertz CT molecular complexity index is 561. The average molecular weight is 287 g/mol. The lowest BCUT2D eigenvalue weighted by Gasteiger charge is -2.07. The van der Waals surface area contributed by atoms with E-state index in [1.807, 2.05) is 40.6 Å². The monoisotopic (exact) mass is 287 g/mol. The minimum absolute atomic E-state index is 0.686. The Labute approximate surface area is 124 Å². The van der Waals surface area contributed by atoms with E-state index in [-0.39, 0.29) is 0 Å². The summed E-state index contributed by atoms with van der Waals surface area (Å²) in [6, 6.07) is 10.2. The Balaban J connectivity index is 2.35. The summed E-state index contributed by atoms with van der Waals surface area (Å²) in [5.74, 6) is 2.83. The van der Waals surface area contributed by atoms with E-state index >= 15 is 0 Å². The molecule has 1 aromatic heterocycles. The van der Waals surface area contributed by atoms with E-state index in [9.17, 15) is 0 Å². The van der Waals surface area contributed by atoms with Gasteiger partial charge in [-0.25, -0.2) is 4.98 Å². The predicted octanol–water partition coefficient (Wildman–Crippen LogP) is 3.61. The number of imidazole rings is 1. The van der Waals surface area contributed by atoms with Gasteiger partial charge < -0.3 is 10.3 Å². The van der Waals surface area contributed by atoms with Crippen LogP contribution in [0.5, 0.6) is 0 Å². The molecule has 106 valence electrons. The molecule has 3 nitrogen and oxygen atoms in total. The molecule has 0 spiro atoms. The van der Waals surface area contributed by atoms with Gasteiger partial charge in [-0.3, -0.25) is 0 Å². The zero-order chi connectivity index (χ0) is 14.4. The van der Waals surface area contributed by atoms with Crippen LogP contribution in [0, 0.1) is 0 Å². The molecule has 0 radical (unpaired) electrons. The Hall–Kier alpha value is -1.68. The van der Waals surface area contributed by atoms with Crippen LogP contribution < -0.4 is 5.73 Å². The molecule has 0 bridgehead atoms. The maximum absolute atomic E-state index is 6.26. The van der Waals surface area contributed by atoms with Crippen molar-refractivity contribution in [3.63, 3.8) is 0 Å². The van der Waals surface area contributed by atoms with Crippen molar-refractivity contribution in [3.8, 4) is 11.4 Å². The minimum atomic E-state index is 0.686. The fraction of sp³-hybridized carbons (Fsp3) is 0.312. The van der Waals surface area contributed by atoms with Gasteiger partial charge in [-0.15, -0.1) is 6.58 Å². The van der Waals surface area contributed by atoms with Gasteiger partial charge in [0.1, 0.15) is 11.6 Å². The van der Waals surface area contributed by atoms with Crippen LogP contribution in [0.3, 0.4) is 0 Å². The van der Waals surface area contributed by atoms with Crippen LogP contribution in [0.1, 0.15) is 12.1 Å². The number of anilines is 1. The lowest BCUT2D eigenvalue weighted by atomic mass is 10.2. The van der Waals surface area contributed by atoms with Gasteiger partial charge in [0.05, 0.1) is 5.69 Å². The summed E-state index contributed by atoms with van der Waals surface area (Å²) in [5.41, 5.74) is 8.35. The first-order valence-corrected chi connectivity index (χ1v) is 8.17. The zero-order valence-corrected chi connectivity index (χ0v) is 12.7. The lowest BCUT2D eigenvalue weighted by molar-refractivity contribution is 0.840. The van der Waals surface area contributed by atoms with Crippen molar-refractivity contribution in [3.05, 3.63) is 48.7 Å². The largest absolute Gasteiger partial charge is 0.384 e. The van der Waals surface area contributed by atoms with E-state index < -0.39 is 0 Å². The van der Waals surface area contributed by atoms with Gasteiger partial charge >= 0.3 is 0 Å². The van der Waals surface area contributed by atoms with Gasteiger partial charge in [0.2, 0.25) is 0 Å². The van der Waals surface area contributed by atoms with E-state index in [1.165, 1.54) is 0 Å². The highest BCUT2D eigenvalue weighted by Crippen LogP contribution is 2.25. The number of nitrogens with zero attached hydrogens (tertiary/aromatic N) is 2. The van der Waals surface area contributed by atoms with E-state index in [2.05, 4.69) is 25.0 Å². The highest BCUT2D eigenvalue weighted by Gasteiger charge is 2.14. The molecule has 0 saturated carbocycles. The molecule has 1 aromatic carbocycles. The number of nitrogen functional groups attached to an aromatic ring is 1. The summed E-state index contributed by atoms with van der Waals surface area (Å²) in [5, 5.41) is 0. The van der Waals surface area contributed by atoms with Crippen molar-refractivity contribution in [2.24, 2.45) is 0 Å². The van der Waals surface area contributed by atoms with Crippen LogP contribution in [0.2, 0.25) is 0 Å². The lowest BCUT2D eigenvalue weighted by Crippen LogP contribution is -2.04. The third-order valence-corrected chi connectivity index (χ3v) is 3.89. The molecule has 2 N–H and O–H groups in total. The molecule has 0 atom stereocenters. The number of aromatic nitrogens is 2. The Morgan fingerprint density at radius 1 is 1.35 bits per heavy atom. The quantitative estimate of drug-likeness (QED) is 0.625. The fourth-order valence-corrected chi connectivity index (χ4v) is 2.64. The van der Waals surface area contributed by atoms with Crippen molar-refractivity contribution >= 4 is 17.6 Å². The number of aryl methyl sites for hydroxylation is 1. The van der Waals surface area contributed by atoms with Crippen molar-refractivity contribution in [2.45, 2.75) is 19.4 Å². The SMILES string of the molecule is C=CCn1c(-c2ccccc2)nc(CCCSC)c1N. The van der Waals surface area contributed by atoms with Gasteiger partial charge in [0, 0.05) is 12.1 Å². The molecule has 2 aromatic rings. The number of hydrogen-bond acceptors (Lipinski definition) is 3. The normalized spacial score (nSPS) is 10.7. The molecule has 0 fully saturated rings. The molecule has 0 saturated heterocycles. The third kappa shape index (κ3) is 3.25. The van der Waals surface area contributed by atoms with Crippen molar-refractivity contribution < 1.29 is 0 Å². The van der Waals surface area contributed by atoms with Crippen molar-refractivity contribution in [1.82, 2.24) is 9.55 Å². The van der Waals surface area contributed by atoms with Crippen LogP contribution >= 0.6 is 11.8 Å². The molecule has 0 amide bonds. The molecular weight excluding hydrogens is 266 g/mol. The Kier molecular flexibility index (Phi) is 5.30. The van der Waals surface area contributed by atoms with E-state index in [0.29, 0.717) is 6.54 Å². The first-order chi connectivity index (χ1) is 9.77. The molecule has 0 aliphatic carbocycles.